The molecule has 0 aromatic heterocycles. The predicted octanol–water partition coefficient (Wildman–Crippen LogP) is 6.53. The molecule has 4 nitrogen and oxygen atoms in total. The van der Waals surface area contributed by atoms with E-state index in [1.807, 2.05) is 60.7 Å². The van der Waals surface area contributed by atoms with Gasteiger partial charge in [0.2, 0.25) is 5.91 Å². The Labute approximate surface area is 203 Å². The van der Waals surface area contributed by atoms with Gasteiger partial charge in [-0.15, -0.1) is 0 Å². The second-order valence-corrected chi connectivity index (χ2v) is 8.86. The van der Waals surface area contributed by atoms with Crippen LogP contribution in [0.5, 0.6) is 0 Å². The lowest BCUT2D eigenvalue weighted by Gasteiger charge is -2.34. The number of rotatable bonds is 6. The predicted molar refractivity (Wildman–Crippen MR) is 130 cm³/mol. The zero-order valence-corrected chi connectivity index (χ0v) is 19.6. The number of hydrogen-bond donors (Lipinski definition) is 0. The number of nitrogens with zero attached hydrogens (tertiary/aromatic N) is 1. The van der Waals surface area contributed by atoms with E-state index in [0.29, 0.717) is 27.9 Å². The monoisotopic (exact) mass is 479 g/mol. The first-order valence-electron chi connectivity index (χ1n) is 10.6. The van der Waals surface area contributed by atoms with E-state index >= 15 is 0 Å². The molecule has 4 rings (SSSR count). The van der Waals surface area contributed by atoms with Gasteiger partial charge in [0.1, 0.15) is 6.61 Å². The van der Waals surface area contributed by atoms with Crippen LogP contribution in [0.25, 0.3) is 0 Å². The first kappa shape index (κ1) is 23.1. The number of carbonyl (C=O) groups is 2. The van der Waals surface area contributed by atoms with Crippen molar-refractivity contribution in [3.63, 3.8) is 0 Å². The number of amides is 1. The Balaban J connectivity index is 1.69. The third-order valence-electron chi connectivity index (χ3n) is 5.74. The van der Waals surface area contributed by atoms with Crippen LogP contribution < -0.4 is 0 Å². The quantitative estimate of drug-likeness (QED) is 0.377. The molecule has 3 aromatic rings. The molecule has 0 fully saturated rings. The fourth-order valence-corrected chi connectivity index (χ4v) is 4.51. The number of carbonyl (C=O) groups excluding carboxylic acids is 2. The maximum absolute atomic E-state index is 13.3. The van der Waals surface area contributed by atoms with E-state index in [2.05, 4.69) is 0 Å². The zero-order valence-electron chi connectivity index (χ0n) is 18.1. The maximum Gasteiger partial charge on any atom is 0.336 e. The lowest BCUT2D eigenvalue weighted by Crippen LogP contribution is -2.38. The highest BCUT2D eigenvalue weighted by Crippen LogP contribution is 2.38. The largest absolute Gasteiger partial charge is 0.457 e. The summed E-state index contributed by atoms with van der Waals surface area (Å²) in [6.45, 7) is 2.27. The Kier molecular flexibility index (Phi) is 7.17. The first-order valence-corrected chi connectivity index (χ1v) is 11.4. The molecule has 1 aliphatic heterocycles. The van der Waals surface area contributed by atoms with Crippen LogP contribution >= 0.6 is 23.2 Å². The average molecular weight is 480 g/mol. The van der Waals surface area contributed by atoms with Gasteiger partial charge in [-0.25, -0.2) is 4.79 Å². The average Bonchev–Trinajstić information content (AvgIpc) is 2.80. The van der Waals surface area contributed by atoms with Crippen LogP contribution in [0.3, 0.4) is 0 Å². The summed E-state index contributed by atoms with van der Waals surface area (Å²) in [5.74, 6) is -0.947. The van der Waals surface area contributed by atoms with Crippen LogP contribution in [-0.4, -0.2) is 16.8 Å². The van der Waals surface area contributed by atoms with Crippen LogP contribution in [0.15, 0.2) is 90.1 Å². The summed E-state index contributed by atoms with van der Waals surface area (Å²) in [5.41, 5.74) is 3.63. The minimum atomic E-state index is -0.440. The molecule has 0 aliphatic carbocycles. The molecule has 0 N–H and O–H groups in total. The molecule has 0 spiro atoms. The second kappa shape index (κ2) is 10.2. The van der Waals surface area contributed by atoms with Gasteiger partial charge in [0, 0.05) is 28.1 Å². The van der Waals surface area contributed by atoms with Crippen molar-refractivity contribution in [1.82, 2.24) is 4.90 Å². The van der Waals surface area contributed by atoms with Crippen molar-refractivity contribution < 1.29 is 14.3 Å². The number of allylic oxidation sites excluding steroid dienone is 1. The second-order valence-electron chi connectivity index (χ2n) is 7.98. The molecule has 1 heterocycles. The summed E-state index contributed by atoms with van der Waals surface area (Å²) in [6, 6.07) is 24.1. The molecule has 1 atom stereocenters. The van der Waals surface area contributed by atoms with Crippen LogP contribution in [0.4, 0.5) is 0 Å². The first-order chi connectivity index (χ1) is 15.9. The van der Waals surface area contributed by atoms with E-state index in [1.54, 1.807) is 30.0 Å². The summed E-state index contributed by atoms with van der Waals surface area (Å²) in [6.07, 6.45) is 0.147. The number of halogens is 2. The van der Waals surface area contributed by atoms with Gasteiger partial charge in [0.25, 0.3) is 0 Å². The topological polar surface area (TPSA) is 46.6 Å². The van der Waals surface area contributed by atoms with Gasteiger partial charge < -0.3 is 9.64 Å². The van der Waals surface area contributed by atoms with Crippen molar-refractivity contribution in [1.29, 1.82) is 0 Å². The summed E-state index contributed by atoms with van der Waals surface area (Å²) in [4.78, 5) is 28.2. The van der Waals surface area contributed by atoms with Crippen molar-refractivity contribution in [3.05, 3.63) is 117 Å². The van der Waals surface area contributed by atoms with E-state index < -0.39 is 11.9 Å². The fraction of sp³-hybridized carbons (Fsp3) is 0.185. The molecule has 1 unspecified atom stereocenters. The Morgan fingerprint density at radius 3 is 2.30 bits per heavy atom. The molecule has 3 aromatic carbocycles. The van der Waals surface area contributed by atoms with Crippen molar-refractivity contribution >= 4 is 35.1 Å². The van der Waals surface area contributed by atoms with E-state index in [0.717, 1.165) is 16.7 Å². The van der Waals surface area contributed by atoms with Gasteiger partial charge >= 0.3 is 5.97 Å². The molecule has 0 saturated heterocycles. The van der Waals surface area contributed by atoms with Crippen molar-refractivity contribution in [2.75, 3.05) is 0 Å². The van der Waals surface area contributed by atoms with Crippen LogP contribution in [-0.2, 0) is 27.5 Å². The summed E-state index contributed by atoms with van der Waals surface area (Å²) >= 11 is 12.3. The summed E-state index contributed by atoms with van der Waals surface area (Å²) < 4.78 is 5.68. The van der Waals surface area contributed by atoms with Crippen molar-refractivity contribution in [3.8, 4) is 0 Å². The van der Waals surface area contributed by atoms with E-state index in [9.17, 15) is 9.59 Å². The van der Waals surface area contributed by atoms with Crippen molar-refractivity contribution in [2.45, 2.75) is 32.4 Å². The SMILES string of the molecule is CC1=C(C(=O)OCc2ccccc2)C(c2cccc(Cl)c2)CC(=O)N1Cc1cccc(Cl)c1. The Bertz CT molecular complexity index is 1210. The number of hydrogen-bond acceptors (Lipinski definition) is 3. The highest BCUT2D eigenvalue weighted by atomic mass is 35.5. The smallest absolute Gasteiger partial charge is 0.336 e. The molecular weight excluding hydrogens is 457 g/mol. The zero-order chi connectivity index (χ0) is 23.4. The highest BCUT2D eigenvalue weighted by Gasteiger charge is 2.37. The number of benzene rings is 3. The summed E-state index contributed by atoms with van der Waals surface area (Å²) in [5, 5.41) is 1.15. The van der Waals surface area contributed by atoms with Gasteiger partial charge in [-0.2, -0.15) is 0 Å². The molecule has 168 valence electrons. The Morgan fingerprint density at radius 1 is 0.939 bits per heavy atom. The molecule has 0 bridgehead atoms. The fourth-order valence-electron chi connectivity index (χ4n) is 4.09. The van der Waals surface area contributed by atoms with E-state index in [-0.39, 0.29) is 18.9 Å². The minimum absolute atomic E-state index is 0.0722. The maximum atomic E-state index is 13.3. The number of ether oxygens (including phenoxy) is 1. The molecule has 0 radical (unpaired) electrons. The van der Waals surface area contributed by atoms with Crippen LogP contribution in [0, 0.1) is 0 Å². The van der Waals surface area contributed by atoms with E-state index in [4.69, 9.17) is 27.9 Å². The molecule has 33 heavy (non-hydrogen) atoms. The molecule has 1 aliphatic rings. The van der Waals surface area contributed by atoms with Gasteiger partial charge in [-0.1, -0.05) is 77.8 Å². The van der Waals surface area contributed by atoms with Gasteiger partial charge in [-0.3, -0.25) is 4.79 Å². The van der Waals surface area contributed by atoms with Crippen LogP contribution in [0.2, 0.25) is 10.0 Å². The van der Waals surface area contributed by atoms with Crippen molar-refractivity contribution in [2.24, 2.45) is 0 Å². The van der Waals surface area contributed by atoms with Gasteiger partial charge in [-0.05, 0) is 47.9 Å². The van der Waals surface area contributed by atoms with Gasteiger partial charge in [0.05, 0.1) is 12.1 Å². The highest BCUT2D eigenvalue weighted by molar-refractivity contribution is 6.30. The third-order valence-corrected chi connectivity index (χ3v) is 6.21. The minimum Gasteiger partial charge on any atom is -0.457 e. The van der Waals surface area contributed by atoms with E-state index in [1.165, 1.54) is 0 Å². The van der Waals surface area contributed by atoms with Crippen LogP contribution in [0.1, 0.15) is 36.0 Å². The summed E-state index contributed by atoms with van der Waals surface area (Å²) in [7, 11) is 0. The normalized spacial score (nSPS) is 16.2. The standard InChI is InChI=1S/C27H23Cl2NO3/c1-18-26(27(32)33-17-19-7-3-2-4-8-19)24(21-10-6-12-23(29)14-21)15-25(31)30(18)16-20-9-5-11-22(28)13-20/h2-14,24H,15-17H2,1H3. The molecule has 1 amide bonds. The molecular formula is C27H23Cl2NO3. The molecule has 6 heteroatoms. The lowest BCUT2D eigenvalue weighted by atomic mass is 9.83. The van der Waals surface area contributed by atoms with Gasteiger partial charge in [0.15, 0.2) is 0 Å². The number of esters is 1. The Morgan fingerprint density at radius 2 is 1.61 bits per heavy atom. The molecule has 0 saturated carbocycles. The lowest BCUT2D eigenvalue weighted by molar-refractivity contribution is -0.141. The Hall–Kier alpha value is -3.08. The third kappa shape index (κ3) is 5.47.